The predicted molar refractivity (Wildman–Crippen MR) is 99.1 cm³/mol. The number of methoxy groups -OCH3 is 2. The van der Waals surface area contributed by atoms with Gasteiger partial charge in [-0.3, -0.25) is 0 Å². The quantitative estimate of drug-likeness (QED) is 0.641. The SMILES string of the molecule is COCCNCc1cn(-c2ccccc2)nc1-c1ccc(OC)cc1. The van der Waals surface area contributed by atoms with E-state index in [0.29, 0.717) is 6.61 Å². The number of aromatic nitrogens is 2. The van der Waals surface area contributed by atoms with Crippen molar-refractivity contribution >= 4 is 0 Å². The number of para-hydroxylation sites is 1. The maximum atomic E-state index is 5.25. The highest BCUT2D eigenvalue weighted by molar-refractivity contribution is 5.64. The number of nitrogens with zero attached hydrogens (tertiary/aromatic N) is 2. The first-order valence-corrected chi connectivity index (χ1v) is 8.30. The molecule has 0 atom stereocenters. The van der Waals surface area contributed by atoms with E-state index in [1.807, 2.05) is 59.3 Å². The summed E-state index contributed by atoms with van der Waals surface area (Å²) in [6.45, 7) is 2.22. The molecule has 0 aliphatic carbocycles. The van der Waals surface area contributed by atoms with Crippen molar-refractivity contribution in [2.45, 2.75) is 6.54 Å². The van der Waals surface area contributed by atoms with Gasteiger partial charge in [-0.2, -0.15) is 5.10 Å². The fourth-order valence-corrected chi connectivity index (χ4v) is 2.64. The second-order valence-corrected chi connectivity index (χ2v) is 5.68. The number of ether oxygens (including phenoxy) is 2. The average Bonchev–Trinajstić information content (AvgIpc) is 3.10. The van der Waals surface area contributed by atoms with Crippen LogP contribution in [0.3, 0.4) is 0 Å². The summed E-state index contributed by atoms with van der Waals surface area (Å²) < 4.78 is 12.3. The van der Waals surface area contributed by atoms with Crippen LogP contribution in [0.15, 0.2) is 60.8 Å². The van der Waals surface area contributed by atoms with Gasteiger partial charge in [0.05, 0.1) is 25.1 Å². The minimum absolute atomic E-state index is 0.685. The Labute approximate surface area is 148 Å². The van der Waals surface area contributed by atoms with E-state index in [1.54, 1.807) is 14.2 Å². The van der Waals surface area contributed by atoms with Crippen molar-refractivity contribution in [2.24, 2.45) is 0 Å². The molecule has 1 N–H and O–H groups in total. The van der Waals surface area contributed by atoms with Gasteiger partial charge < -0.3 is 14.8 Å². The van der Waals surface area contributed by atoms with Gasteiger partial charge in [0.1, 0.15) is 5.75 Å². The molecule has 3 rings (SSSR count). The van der Waals surface area contributed by atoms with E-state index >= 15 is 0 Å². The van der Waals surface area contributed by atoms with Crippen molar-refractivity contribution in [1.82, 2.24) is 15.1 Å². The maximum absolute atomic E-state index is 5.25. The summed E-state index contributed by atoms with van der Waals surface area (Å²) in [5.41, 5.74) is 4.22. The molecule has 0 unspecified atom stereocenters. The normalized spacial score (nSPS) is 10.8. The second kappa shape index (κ2) is 8.46. The van der Waals surface area contributed by atoms with Crippen LogP contribution in [-0.2, 0) is 11.3 Å². The van der Waals surface area contributed by atoms with Crippen LogP contribution in [0, 0.1) is 0 Å². The summed E-state index contributed by atoms with van der Waals surface area (Å²) in [7, 11) is 3.38. The molecule has 0 fully saturated rings. The lowest BCUT2D eigenvalue weighted by Gasteiger charge is -2.05. The second-order valence-electron chi connectivity index (χ2n) is 5.68. The van der Waals surface area contributed by atoms with E-state index in [-0.39, 0.29) is 0 Å². The summed E-state index contributed by atoms with van der Waals surface area (Å²) in [4.78, 5) is 0. The van der Waals surface area contributed by atoms with Gasteiger partial charge in [-0.25, -0.2) is 4.68 Å². The standard InChI is InChI=1S/C20H23N3O2/c1-24-13-12-21-14-17-15-23(18-6-4-3-5-7-18)22-20(17)16-8-10-19(25-2)11-9-16/h3-11,15,21H,12-14H2,1-2H3. The molecule has 0 saturated carbocycles. The Morgan fingerprint density at radius 1 is 1.00 bits per heavy atom. The monoisotopic (exact) mass is 337 g/mol. The molecule has 0 saturated heterocycles. The molecule has 0 bridgehead atoms. The first kappa shape index (κ1) is 17.2. The van der Waals surface area contributed by atoms with E-state index in [0.717, 1.165) is 41.3 Å². The van der Waals surface area contributed by atoms with Gasteiger partial charge in [0.15, 0.2) is 0 Å². The fourth-order valence-electron chi connectivity index (χ4n) is 2.64. The lowest BCUT2D eigenvalue weighted by atomic mass is 10.1. The number of rotatable bonds is 8. The Morgan fingerprint density at radius 3 is 2.44 bits per heavy atom. The van der Waals surface area contributed by atoms with Crippen LogP contribution in [-0.4, -0.2) is 37.2 Å². The number of hydrogen-bond donors (Lipinski definition) is 1. The van der Waals surface area contributed by atoms with Crippen LogP contribution < -0.4 is 10.1 Å². The smallest absolute Gasteiger partial charge is 0.118 e. The Hall–Kier alpha value is -2.63. The zero-order chi connectivity index (χ0) is 17.5. The highest BCUT2D eigenvalue weighted by Gasteiger charge is 2.12. The highest BCUT2D eigenvalue weighted by Crippen LogP contribution is 2.25. The van der Waals surface area contributed by atoms with Crippen LogP contribution in [0.4, 0.5) is 0 Å². The van der Waals surface area contributed by atoms with Gasteiger partial charge >= 0.3 is 0 Å². The summed E-state index contributed by atoms with van der Waals surface area (Å²) in [6.07, 6.45) is 2.08. The van der Waals surface area contributed by atoms with Crippen LogP contribution in [0.5, 0.6) is 5.75 Å². The van der Waals surface area contributed by atoms with Gasteiger partial charge in [-0.1, -0.05) is 18.2 Å². The third-order valence-electron chi connectivity index (χ3n) is 3.97. The Morgan fingerprint density at radius 2 is 1.76 bits per heavy atom. The molecule has 25 heavy (non-hydrogen) atoms. The van der Waals surface area contributed by atoms with E-state index in [4.69, 9.17) is 14.6 Å². The molecule has 1 heterocycles. The molecule has 0 aliphatic rings. The third-order valence-corrected chi connectivity index (χ3v) is 3.97. The molecule has 0 spiro atoms. The lowest BCUT2D eigenvalue weighted by Crippen LogP contribution is -2.18. The Kier molecular flexibility index (Phi) is 5.82. The molecule has 1 aromatic heterocycles. The molecule has 5 heteroatoms. The molecule has 2 aromatic carbocycles. The van der Waals surface area contributed by atoms with Crippen LogP contribution in [0.1, 0.15) is 5.56 Å². The molecule has 3 aromatic rings. The molecular weight excluding hydrogens is 314 g/mol. The third kappa shape index (κ3) is 4.26. The van der Waals surface area contributed by atoms with Crippen molar-refractivity contribution in [3.05, 3.63) is 66.4 Å². The highest BCUT2D eigenvalue weighted by atomic mass is 16.5. The molecular formula is C20H23N3O2. The van der Waals surface area contributed by atoms with Crippen molar-refractivity contribution in [1.29, 1.82) is 0 Å². The van der Waals surface area contributed by atoms with Gasteiger partial charge in [0, 0.05) is 37.5 Å². The lowest BCUT2D eigenvalue weighted by molar-refractivity contribution is 0.199. The molecule has 0 amide bonds. The number of hydrogen-bond acceptors (Lipinski definition) is 4. The number of nitrogens with one attached hydrogen (secondary N) is 1. The zero-order valence-corrected chi connectivity index (χ0v) is 14.6. The Balaban J connectivity index is 1.91. The minimum Gasteiger partial charge on any atom is -0.497 e. The Bertz CT molecular complexity index is 782. The zero-order valence-electron chi connectivity index (χ0n) is 14.6. The summed E-state index contributed by atoms with van der Waals surface area (Å²) in [6, 6.07) is 18.1. The van der Waals surface area contributed by atoms with Gasteiger partial charge in [0.25, 0.3) is 0 Å². The summed E-state index contributed by atoms with van der Waals surface area (Å²) >= 11 is 0. The van der Waals surface area contributed by atoms with E-state index in [1.165, 1.54) is 0 Å². The minimum atomic E-state index is 0.685. The summed E-state index contributed by atoms with van der Waals surface area (Å²) in [5, 5.41) is 8.21. The van der Waals surface area contributed by atoms with Crippen molar-refractivity contribution in [2.75, 3.05) is 27.4 Å². The van der Waals surface area contributed by atoms with E-state index < -0.39 is 0 Å². The van der Waals surface area contributed by atoms with Gasteiger partial charge in [-0.05, 0) is 36.4 Å². The maximum Gasteiger partial charge on any atom is 0.118 e. The average molecular weight is 337 g/mol. The summed E-state index contributed by atoms with van der Waals surface area (Å²) in [5.74, 6) is 0.839. The van der Waals surface area contributed by atoms with Crippen molar-refractivity contribution < 1.29 is 9.47 Å². The first-order valence-electron chi connectivity index (χ1n) is 8.30. The van der Waals surface area contributed by atoms with Gasteiger partial charge in [-0.15, -0.1) is 0 Å². The largest absolute Gasteiger partial charge is 0.497 e. The topological polar surface area (TPSA) is 48.3 Å². The van der Waals surface area contributed by atoms with Crippen LogP contribution >= 0.6 is 0 Å². The molecule has 130 valence electrons. The van der Waals surface area contributed by atoms with E-state index in [9.17, 15) is 0 Å². The van der Waals surface area contributed by atoms with Gasteiger partial charge in [0.2, 0.25) is 0 Å². The van der Waals surface area contributed by atoms with Crippen molar-refractivity contribution in [3.8, 4) is 22.7 Å². The first-order chi connectivity index (χ1) is 12.3. The molecule has 5 nitrogen and oxygen atoms in total. The predicted octanol–water partition coefficient (Wildman–Crippen LogP) is 3.28. The molecule has 0 aliphatic heterocycles. The van der Waals surface area contributed by atoms with Crippen LogP contribution in [0.2, 0.25) is 0 Å². The van der Waals surface area contributed by atoms with Crippen molar-refractivity contribution in [3.63, 3.8) is 0 Å². The molecule has 0 radical (unpaired) electrons. The number of benzene rings is 2. The fraction of sp³-hybridized carbons (Fsp3) is 0.250. The van der Waals surface area contributed by atoms with E-state index in [2.05, 4.69) is 11.5 Å². The van der Waals surface area contributed by atoms with Crippen LogP contribution in [0.25, 0.3) is 16.9 Å².